The van der Waals surface area contributed by atoms with E-state index in [9.17, 15) is 14.7 Å². The van der Waals surface area contributed by atoms with E-state index in [1.54, 1.807) is 36.4 Å². The highest BCUT2D eigenvalue weighted by Crippen LogP contribution is 2.07. The summed E-state index contributed by atoms with van der Waals surface area (Å²) < 4.78 is 4.67. The SMILES string of the molecule is COC(=O)[C@H](NC(=O)c1ccccc1)[C@@H](O)C=Cc1ccccc1. The topological polar surface area (TPSA) is 75.6 Å². The van der Waals surface area contributed by atoms with Gasteiger partial charge in [-0.15, -0.1) is 0 Å². The Morgan fingerprint density at radius 3 is 2.21 bits per heavy atom. The van der Waals surface area contributed by atoms with Crippen LogP contribution in [-0.4, -0.2) is 36.2 Å². The third kappa shape index (κ3) is 4.79. The van der Waals surface area contributed by atoms with E-state index in [-0.39, 0.29) is 0 Å². The highest BCUT2D eigenvalue weighted by Gasteiger charge is 2.28. The molecule has 0 radical (unpaired) electrons. The van der Waals surface area contributed by atoms with E-state index >= 15 is 0 Å². The smallest absolute Gasteiger partial charge is 0.331 e. The summed E-state index contributed by atoms with van der Waals surface area (Å²) in [7, 11) is 1.21. The molecule has 2 rings (SSSR count). The summed E-state index contributed by atoms with van der Waals surface area (Å²) >= 11 is 0. The van der Waals surface area contributed by atoms with E-state index in [2.05, 4.69) is 10.1 Å². The molecular weight excluding hydrogens is 306 g/mol. The Balaban J connectivity index is 2.11. The van der Waals surface area contributed by atoms with Crippen molar-refractivity contribution in [3.8, 4) is 0 Å². The van der Waals surface area contributed by atoms with Crippen molar-refractivity contribution in [3.05, 3.63) is 77.9 Å². The number of amides is 1. The van der Waals surface area contributed by atoms with Crippen molar-refractivity contribution in [1.82, 2.24) is 5.32 Å². The Bertz CT molecular complexity index is 698. The molecule has 0 aliphatic rings. The molecule has 5 heteroatoms. The third-order valence-corrected chi connectivity index (χ3v) is 3.40. The first-order chi connectivity index (χ1) is 11.6. The normalized spacial score (nSPS) is 13.2. The molecule has 24 heavy (non-hydrogen) atoms. The molecule has 0 saturated carbocycles. The zero-order valence-corrected chi connectivity index (χ0v) is 13.3. The van der Waals surface area contributed by atoms with Crippen LogP contribution in [0, 0.1) is 0 Å². The van der Waals surface area contributed by atoms with E-state index in [0.717, 1.165) is 5.56 Å². The van der Waals surface area contributed by atoms with Crippen LogP contribution in [0.3, 0.4) is 0 Å². The van der Waals surface area contributed by atoms with Crippen LogP contribution in [0.4, 0.5) is 0 Å². The Hall–Kier alpha value is -2.92. The Morgan fingerprint density at radius 2 is 1.62 bits per heavy atom. The number of ether oxygens (including phenoxy) is 1. The quantitative estimate of drug-likeness (QED) is 0.797. The second kappa shape index (κ2) is 8.64. The summed E-state index contributed by atoms with van der Waals surface area (Å²) in [6.07, 6.45) is 1.91. The molecule has 0 aromatic heterocycles. The molecule has 2 aromatic carbocycles. The van der Waals surface area contributed by atoms with Crippen LogP contribution >= 0.6 is 0 Å². The zero-order valence-electron chi connectivity index (χ0n) is 13.3. The van der Waals surface area contributed by atoms with Gasteiger partial charge in [0.15, 0.2) is 6.04 Å². The first-order valence-corrected chi connectivity index (χ1v) is 7.47. The summed E-state index contributed by atoms with van der Waals surface area (Å²) in [4.78, 5) is 24.1. The summed E-state index contributed by atoms with van der Waals surface area (Å²) in [5, 5.41) is 12.8. The van der Waals surface area contributed by atoms with E-state index < -0.39 is 24.0 Å². The first-order valence-electron chi connectivity index (χ1n) is 7.47. The third-order valence-electron chi connectivity index (χ3n) is 3.40. The lowest BCUT2D eigenvalue weighted by Gasteiger charge is -2.19. The molecule has 2 aromatic rings. The zero-order chi connectivity index (χ0) is 17.4. The summed E-state index contributed by atoms with van der Waals surface area (Å²) in [6.45, 7) is 0. The summed E-state index contributed by atoms with van der Waals surface area (Å²) in [5.74, 6) is -1.18. The predicted octanol–water partition coefficient (Wildman–Crippen LogP) is 2.03. The minimum Gasteiger partial charge on any atom is -0.467 e. The van der Waals surface area contributed by atoms with Gasteiger partial charge in [0.1, 0.15) is 6.10 Å². The number of hydrogen-bond acceptors (Lipinski definition) is 4. The molecule has 0 spiro atoms. The van der Waals surface area contributed by atoms with Crippen molar-refractivity contribution in [1.29, 1.82) is 0 Å². The van der Waals surface area contributed by atoms with Crippen LogP contribution in [0.2, 0.25) is 0 Å². The second-order valence-electron chi connectivity index (χ2n) is 5.10. The van der Waals surface area contributed by atoms with Crippen LogP contribution in [0.1, 0.15) is 15.9 Å². The van der Waals surface area contributed by atoms with Gasteiger partial charge in [0.05, 0.1) is 7.11 Å². The van der Waals surface area contributed by atoms with Gasteiger partial charge in [0.2, 0.25) is 0 Å². The lowest BCUT2D eigenvalue weighted by Crippen LogP contribution is -2.48. The molecule has 124 valence electrons. The molecule has 1 amide bonds. The number of carbonyl (C=O) groups is 2. The average Bonchev–Trinajstić information content (AvgIpc) is 2.65. The van der Waals surface area contributed by atoms with Crippen molar-refractivity contribution < 1.29 is 19.4 Å². The molecule has 0 aliphatic heterocycles. The molecule has 0 unspecified atom stereocenters. The van der Waals surface area contributed by atoms with Gasteiger partial charge in [0.25, 0.3) is 5.91 Å². The largest absolute Gasteiger partial charge is 0.467 e. The van der Waals surface area contributed by atoms with Gasteiger partial charge in [-0.05, 0) is 17.7 Å². The average molecular weight is 325 g/mol. The minimum atomic E-state index is -1.22. The van der Waals surface area contributed by atoms with Crippen LogP contribution in [0.5, 0.6) is 0 Å². The number of methoxy groups -OCH3 is 1. The van der Waals surface area contributed by atoms with Gasteiger partial charge in [-0.1, -0.05) is 60.7 Å². The number of nitrogens with one attached hydrogen (secondary N) is 1. The maximum absolute atomic E-state index is 12.2. The maximum Gasteiger partial charge on any atom is 0.331 e. The molecular formula is C19H19NO4. The number of rotatable bonds is 6. The van der Waals surface area contributed by atoms with E-state index in [1.165, 1.54) is 13.2 Å². The minimum absolute atomic E-state index is 0.394. The number of carbonyl (C=O) groups excluding carboxylic acids is 2. The van der Waals surface area contributed by atoms with Crippen molar-refractivity contribution in [2.24, 2.45) is 0 Å². The molecule has 2 N–H and O–H groups in total. The van der Waals surface area contributed by atoms with Crippen LogP contribution in [0.15, 0.2) is 66.7 Å². The molecule has 0 aliphatic carbocycles. The van der Waals surface area contributed by atoms with Crippen molar-refractivity contribution in [2.45, 2.75) is 12.1 Å². The fraction of sp³-hybridized carbons (Fsp3) is 0.158. The van der Waals surface area contributed by atoms with Crippen molar-refractivity contribution in [2.75, 3.05) is 7.11 Å². The Kier molecular flexibility index (Phi) is 6.28. The number of aliphatic hydroxyl groups is 1. The van der Waals surface area contributed by atoms with Gasteiger partial charge in [-0.25, -0.2) is 4.79 Å². The molecule has 0 saturated heterocycles. The van der Waals surface area contributed by atoms with Crippen LogP contribution < -0.4 is 5.32 Å². The Labute approximate surface area is 140 Å². The molecule has 2 atom stereocenters. The highest BCUT2D eigenvalue weighted by molar-refractivity contribution is 5.97. The number of aliphatic hydroxyl groups excluding tert-OH is 1. The summed E-state index contributed by atoms with van der Waals surface area (Å²) in [5.41, 5.74) is 1.26. The number of hydrogen-bond donors (Lipinski definition) is 2. The second-order valence-corrected chi connectivity index (χ2v) is 5.10. The van der Waals surface area contributed by atoms with Crippen molar-refractivity contribution >= 4 is 18.0 Å². The first kappa shape index (κ1) is 17.4. The van der Waals surface area contributed by atoms with Gasteiger partial charge in [-0.2, -0.15) is 0 Å². The Morgan fingerprint density at radius 1 is 1.04 bits per heavy atom. The summed E-state index contributed by atoms with van der Waals surface area (Å²) in [6, 6.07) is 16.6. The van der Waals surface area contributed by atoms with E-state index in [0.29, 0.717) is 5.56 Å². The molecule has 0 bridgehead atoms. The molecule has 5 nitrogen and oxygen atoms in total. The lowest BCUT2D eigenvalue weighted by atomic mass is 10.1. The van der Waals surface area contributed by atoms with Crippen LogP contribution in [-0.2, 0) is 9.53 Å². The maximum atomic E-state index is 12.2. The van der Waals surface area contributed by atoms with Gasteiger partial charge in [0, 0.05) is 5.56 Å². The lowest BCUT2D eigenvalue weighted by molar-refractivity contribution is -0.145. The molecule has 0 fully saturated rings. The van der Waals surface area contributed by atoms with E-state index in [1.807, 2.05) is 30.3 Å². The number of esters is 1. The van der Waals surface area contributed by atoms with Gasteiger partial charge >= 0.3 is 5.97 Å². The fourth-order valence-corrected chi connectivity index (χ4v) is 2.11. The monoisotopic (exact) mass is 325 g/mol. The fourth-order valence-electron chi connectivity index (χ4n) is 2.11. The molecule has 0 heterocycles. The van der Waals surface area contributed by atoms with Crippen molar-refractivity contribution in [3.63, 3.8) is 0 Å². The standard InChI is InChI=1S/C19H19NO4/c1-24-19(23)17(20-18(22)15-10-6-3-7-11-15)16(21)13-12-14-8-4-2-5-9-14/h2-13,16-17,21H,1H3,(H,20,22)/t16-,17+/m0/s1. The van der Waals surface area contributed by atoms with Crippen LogP contribution in [0.25, 0.3) is 6.08 Å². The van der Waals surface area contributed by atoms with Gasteiger partial charge in [-0.3, -0.25) is 4.79 Å². The van der Waals surface area contributed by atoms with Gasteiger partial charge < -0.3 is 15.2 Å². The highest BCUT2D eigenvalue weighted by atomic mass is 16.5. The predicted molar refractivity (Wildman–Crippen MR) is 91.2 cm³/mol. The van der Waals surface area contributed by atoms with E-state index in [4.69, 9.17) is 0 Å². The number of benzene rings is 2.